The van der Waals surface area contributed by atoms with Gasteiger partial charge in [0.2, 0.25) is 0 Å². The molecule has 1 unspecified atom stereocenters. The van der Waals surface area contributed by atoms with Gasteiger partial charge in [0.15, 0.2) is 0 Å². The molecule has 1 fully saturated rings. The van der Waals surface area contributed by atoms with Crippen LogP contribution in [-0.2, 0) is 9.59 Å². The molecule has 0 bridgehead atoms. The molecule has 1 aliphatic rings. The SMILES string of the molecule is CCC(C)c1ccc(N2C(=O)NC(=O)/C(=C\c3ccc(-c4cccc([N+](=O)[O-])c4)o3)C2=O)cc1. The van der Waals surface area contributed by atoms with Crippen LogP contribution in [0, 0.1) is 10.1 Å². The molecule has 0 spiro atoms. The topological polar surface area (TPSA) is 123 Å². The van der Waals surface area contributed by atoms with Crippen molar-refractivity contribution in [2.24, 2.45) is 0 Å². The summed E-state index contributed by atoms with van der Waals surface area (Å²) in [5.74, 6) is -0.778. The van der Waals surface area contributed by atoms with E-state index in [2.05, 4.69) is 19.2 Å². The summed E-state index contributed by atoms with van der Waals surface area (Å²) in [6.07, 6.45) is 2.19. The summed E-state index contributed by atoms with van der Waals surface area (Å²) >= 11 is 0. The van der Waals surface area contributed by atoms with Gasteiger partial charge in [0, 0.05) is 17.7 Å². The van der Waals surface area contributed by atoms with E-state index >= 15 is 0 Å². The molecule has 34 heavy (non-hydrogen) atoms. The highest BCUT2D eigenvalue weighted by Crippen LogP contribution is 2.28. The van der Waals surface area contributed by atoms with Crippen LogP contribution in [0.3, 0.4) is 0 Å². The second kappa shape index (κ2) is 9.14. The highest BCUT2D eigenvalue weighted by Gasteiger charge is 2.37. The third-order valence-electron chi connectivity index (χ3n) is 5.69. The summed E-state index contributed by atoms with van der Waals surface area (Å²) < 4.78 is 5.69. The van der Waals surface area contributed by atoms with Gasteiger partial charge in [0.1, 0.15) is 17.1 Å². The van der Waals surface area contributed by atoms with Crippen molar-refractivity contribution in [1.29, 1.82) is 0 Å². The van der Waals surface area contributed by atoms with Crippen LogP contribution in [0.1, 0.15) is 37.5 Å². The minimum absolute atomic E-state index is 0.0934. The molecule has 0 saturated carbocycles. The van der Waals surface area contributed by atoms with Crippen LogP contribution >= 0.6 is 0 Å². The molecular formula is C25H21N3O6. The van der Waals surface area contributed by atoms with Gasteiger partial charge < -0.3 is 4.42 Å². The number of amides is 4. The van der Waals surface area contributed by atoms with E-state index < -0.39 is 22.8 Å². The van der Waals surface area contributed by atoms with E-state index in [1.165, 1.54) is 30.3 Å². The molecule has 1 saturated heterocycles. The van der Waals surface area contributed by atoms with Gasteiger partial charge >= 0.3 is 6.03 Å². The van der Waals surface area contributed by atoms with Crippen LogP contribution in [0.25, 0.3) is 17.4 Å². The Morgan fingerprint density at radius 3 is 2.50 bits per heavy atom. The van der Waals surface area contributed by atoms with Crippen LogP contribution < -0.4 is 10.2 Å². The normalized spacial score (nSPS) is 16.0. The maximum atomic E-state index is 13.1. The molecule has 4 rings (SSSR count). The van der Waals surface area contributed by atoms with E-state index in [9.17, 15) is 24.5 Å². The number of furan rings is 1. The Labute approximate surface area is 194 Å². The molecule has 0 radical (unpaired) electrons. The van der Waals surface area contributed by atoms with Gasteiger partial charge in [-0.05, 0) is 48.2 Å². The first-order chi connectivity index (χ1) is 16.3. The number of carbonyl (C=O) groups excluding carboxylic acids is 3. The van der Waals surface area contributed by atoms with Crippen LogP contribution in [0.2, 0.25) is 0 Å². The van der Waals surface area contributed by atoms with Crippen molar-refractivity contribution in [2.75, 3.05) is 4.90 Å². The minimum Gasteiger partial charge on any atom is -0.457 e. The van der Waals surface area contributed by atoms with Crippen LogP contribution in [0.15, 0.2) is 70.7 Å². The number of nitrogens with one attached hydrogen (secondary N) is 1. The zero-order valence-electron chi connectivity index (χ0n) is 18.5. The third kappa shape index (κ3) is 4.36. The summed E-state index contributed by atoms with van der Waals surface area (Å²) in [5, 5.41) is 13.2. The largest absolute Gasteiger partial charge is 0.457 e. The molecule has 9 nitrogen and oxygen atoms in total. The molecule has 9 heteroatoms. The molecular weight excluding hydrogens is 438 g/mol. The van der Waals surface area contributed by atoms with Crippen LogP contribution in [0.5, 0.6) is 0 Å². The fourth-order valence-electron chi connectivity index (χ4n) is 3.58. The van der Waals surface area contributed by atoms with Gasteiger partial charge in [-0.3, -0.25) is 25.0 Å². The second-order valence-corrected chi connectivity index (χ2v) is 7.87. The average molecular weight is 459 g/mol. The summed E-state index contributed by atoms with van der Waals surface area (Å²) in [6.45, 7) is 4.15. The van der Waals surface area contributed by atoms with E-state index in [0.29, 0.717) is 22.9 Å². The molecule has 2 heterocycles. The Kier molecular flexibility index (Phi) is 6.09. The van der Waals surface area contributed by atoms with Crippen molar-refractivity contribution in [2.45, 2.75) is 26.2 Å². The number of urea groups is 1. The molecule has 0 aliphatic carbocycles. The van der Waals surface area contributed by atoms with Crippen molar-refractivity contribution in [3.8, 4) is 11.3 Å². The Bertz CT molecular complexity index is 1320. The number of hydrogen-bond acceptors (Lipinski definition) is 6. The van der Waals surface area contributed by atoms with Gasteiger partial charge in [0.25, 0.3) is 17.5 Å². The summed E-state index contributed by atoms with van der Waals surface area (Å²) in [7, 11) is 0. The van der Waals surface area contributed by atoms with Crippen molar-refractivity contribution >= 4 is 35.3 Å². The van der Waals surface area contributed by atoms with Crippen LogP contribution in [-0.4, -0.2) is 22.8 Å². The maximum absolute atomic E-state index is 13.1. The van der Waals surface area contributed by atoms with E-state index in [0.717, 1.165) is 16.9 Å². The molecule has 4 amide bonds. The van der Waals surface area contributed by atoms with Crippen LogP contribution in [0.4, 0.5) is 16.2 Å². The first-order valence-corrected chi connectivity index (χ1v) is 10.6. The summed E-state index contributed by atoms with van der Waals surface area (Å²) in [5.41, 5.74) is 1.52. The lowest BCUT2D eigenvalue weighted by molar-refractivity contribution is -0.384. The first kappa shape index (κ1) is 22.7. The smallest absolute Gasteiger partial charge is 0.335 e. The number of nitro benzene ring substituents is 1. The number of rotatable bonds is 6. The molecule has 2 aromatic carbocycles. The Balaban J connectivity index is 1.63. The highest BCUT2D eigenvalue weighted by molar-refractivity contribution is 6.39. The number of hydrogen-bond donors (Lipinski definition) is 1. The number of carbonyl (C=O) groups is 3. The first-order valence-electron chi connectivity index (χ1n) is 10.6. The molecule has 3 aromatic rings. The maximum Gasteiger partial charge on any atom is 0.335 e. The van der Waals surface area contributed by atoms with Crippen molar-refractivity contribution in [3.05, 3.63) is 87.7 Å². The number of nitro groups is 1. The van der Waals surface area contributed by atoms with Gasteiger partial charge in [-0.1, -0.05) is 38.1 Å². The lowest BCUT2D eigenvalue weighted by Gasteiger charge is -2.26. The lowest BCUT2D eigenvalue weighted by Crippen LogP contribution is -2.54. The monoisotopic (exact) mass is 459 g/mol. The van der Waals surface area contributed by atoms with E-state index in [-0.39, 0.29) is 17.0 Å². The summed E-state index contributed by atoms with van der Waals surface area (Å²) in [4.78, 5) is 49.3. The second-order valence-electron chi connectivity index (χ2n) is 7.87. The minimum atomic E-state index is -0.837. The lowest BCUT2D eigenvalue weighted by atomic mass is 9.98. The predicted molar refractivity (Wildman–Crippen MR) is 125 cm³/mol. The van der Waals surface area contributed by atoms with Gasteiger partial charge in [0.05, 0.1) is 10.6 Å². The van der Waals surface area contributed by atoms with E-state index in [4.69, 9.17) is 4.42 Å². The zero-order valence-corrected chi connectivity index (χ0v) is 18.5. The van der Waals surface area contributed by atoms with Gasteiger partial charge in [-0.25, -0.2) is 9.69 Å². The van der Waals surface area contributed by atoms with Gasteiger partial charge in [-0.15, -0.1) is 0 Å². The Morgan fingerprint density at radius 1 is 1.09 bits per heavy atom. The molecule has 1 aliphatic heterocycles. The standard InChI is InChI=1S/C25H21N3O6/c1-3-15(2)16-7-9-18(10-8-16)27-24(30)21(23(29)26-25(27)31)14-20-11-12-22(34-20)17-5-4-6-19(13-17)28(32)33/h4-15H,3H2,1-2H3,(H,26,29,31)/b21-14+. The fraction of sp³-hybridized carbons (Fsp3) is 0.160. The number of benzene rings is 2. The van der Waals surface area contributed by atoms with Crippen molar-refractivity contribution < 1.29 is 23.7 Å². The van der Waals surface area contributed by atoms with E-state index in [1.807, 2.05) is 12.1 Å². The molecule has 1 aromatic heterocycles. The van der Waals surface area contributed by atoms with Gasteiger partial charge in [-0.2, -0.15) is 0 Å². The highest BCUT2D eigenvalue weighted by atomic mass is 16.6. The average Bonchev–Trinajstić information content (AvgIpc) is 3.30. The molecule has 172 valence electrons. The van der Waals surface area contributed by atoms with E-state index in [1.54, 1.807) is 24.3 Å². The predicted octanol–water partition coefficient (Wildman–Crippen LogP) is 5.03. The number of anilines is 1. The summed E-state index contributed by atoms with van der Waals surface area (Å²) in [6, 6.07) is 15.2. The number of non-ortho nitro benzene ring substituents is 1. The fourth-order valence-corrected chi connectivity index (χ4v) is 3.58. The van der Waals surface area contributed by atoms with Crippen molar-refractivity contribution in [1.82, 2.24) is 5.32 Å². The Morgan fingerprint density at radius 2 is 1.82 bits per heavy atom. The third-order valence-corrected chi connectivity index (χ3v) is 5.69. The quantitative estimate of drug-likeness (QED) is 0.239. The number of imide groups is 2. The number of nitrogens with zero attached hydrogens (tertiary/aromatic N) is 2. The zero-order chi connectivity index (χ0) is 24.4. The Hall–Kier alpha value is -4.53. The number of barbiturate groups is 1. The van der Waals surface area contributed by atoms with Crippen molar-refractivity contribution in [3.63, 3.8) is 0 Å². The molecule has 1 atom stereocenters. The molecule has 1 N–H and O–H groups in total.